The van der Waals surface area contributed by atoms with Gasteiger partial charge in [-0.3, -0.25) is 15.2 Å². The summed E-state index contributed by atoms with van der Waals surface area (Å²) in [6.07, 6.45) is 1.76. The molecule has 0 aliphatic carbocycles. The van der Waals surface area contributed by atoms with Crippen LogP contribution in [0, 0.1) is 23.0 Å². The normalized spacial score (nSPS) is 11.0. The van der Waals surface area contributed by atoms with Crippen molar-refractivity contribution in [2.45, 2.75) is 27.3 Å². The van der Waals surface area contributed by atoms with Gasteiger partial charge in [0.15, 0.2) is 0 Å². The van der Waals surface area contributed by atoms with E-state index in [0.717, 1.165) is 28.9 Å². The van der Waals surface area contributed by atoms with Gasteiger partial charge in [0.2, 0.25) is 0 Å². The van der Waals surface area contributed by atoms with Crippen LogP contribution in [0.15, 0.2) is 24.4 Å². The molecular formula is C15H20N4O2. The van der Waals surface area contributed by atoms with Crippen molar-refractivity contribution in [3.63, 3.8) is 0 Å². The zero-order chi connectivity index (χ0) is 15.4. The number of non-ortho nitro benzene ring substituents is 1. The van der Waals surface area contributed by atoms with E-state index < -0.39 is 0 Å². The van der Waals surface area contributed by atoms with Crippen LogP contribution in [0.4, 0.5) is 5.69 Å². The number of H-pyrrole nitrogens is 1. The van der Waals surface area contributed by atoms with E-state index in [-0.39, 0.29) is 10.6 Å². The monoisotopic (exact) mass is 288 g/mol. The predicted molar refractivity (Wildman–Crippen MR) is 82.0 cm³/mol. The molecular weight excluding hydrogens is 268 g/mol. The highest BCUT2D eigenvalue weighted by molar-refractivity contribution is 5.69. The van der Waals surface area contributed by atoms with Crippen molar-refractivity contribution in [2.24, 2.45) is 5.92 Å². The van der Waals surface area contributed by atoms with Crippen LogP contribution >= 0.6 is 0 Å². The number of benzene rings is 1. The Labute approximate surface area is 123 Å². The third kappa shape index (κ3) is 3.66. The topological polar surface area (TPSA) is 83.8 Å². The Morgan fingerprint density at radius 2 is 2.19 bits per heavy atom. The van der Waals surface area contributed by atoms with Gasteiger partial charge in [0, 0.05) is 29.8 Å². The number of hydrogen-bond donors (Lipinski definition) is 2. The van der Waals surface area contributed by atoms with Crippen molar-refractivity contribution in [3.8, 4) is 11.3 Å². The summed E-state index contributed by atoms with van der Waals surface area (Å²) in [6.45, 7) is 7.83. The van der Waals surface area contributed by atoms with Gasteiger partial charge in [0.1, 0.15) is 0 Å². The maximum absolute atomic E-state index is 10.9. The van der Waals surface area contributed by atoms with E-state index >= 15 is 0 Å². The summed E-state index contributed by atoms with van der Waals surface area (Å²) < 4.78 is 0. The van der Waals surface area contributed by atoms with Gasteiger partial charge in [-0.15, -0.1) is 0 Å². The van der Waals surface area contributed by atoms with Gasteiger partial charge in [-0.2, -0.15) is 5.10 Å². The Morgan fingerprint density at radius 3 is 2.86 bits per heavy atom. The Kier molecular flexibility index (Phi) is 4.70. The largest absolute Gasteiger partial charge is 0.312 e. The van der Waals surface area contributed by atoms with Crippen LogP contribution in [0.25, 0.3) is 11.3 Å². The number of aromatic nitrogens is 2. The molecule has 1 heterocycles. The molecule has 0 bridgehead atoms. The van der Waals surface area contributed by atoms with Crippen LogP contribution in [0.2, 0.25) is 0 Å². The third-order valence-electron chi connectivity index (χ3n) is 3.29. The second-order valence-corrected chi connectivity index (χ2v) is 5.55. The van der Waals surface area contributed by atoms with Gasteiger partial charge in [-0.25, -0.2) is 0 Å². The molecule has 6 nitrogen and oxygen atoms in total. The van der Waals surface area contributed by atoms with Gasteiger partial charge in [-0.05, 0) is 24.9 Å². The van der Waals surface area contributed by atoms with Crippen molar-refractivity contribution >= 4 is 5.69 Å². The third-order valence-corrected chi connectivity index (χ3v) is 3.29. The van der Waals surface area contributed by atoms with E-state index in [4.69, 9.17) is 0 Å². The molecule has 2 rings (SSSR count). The van der Waals surface area contributed by atoms with Gasteiger partial charge in [0.05, 0.1) is 16.8 Å². The van der Waals surface area contributed by atoms with Crippen molar-refractivity contribution in [3.05, 3.63) is 45.6 Å². The summed E-state index contributed by atoms with van der Waals surface area (Å²) in [5.74, 6) is 0.569. The van der Waals surface area contributed by atoms with Gasteiger partial charge >= 0.3 is 0 Å². The molecule has 0 amide bonds. The van der Waals surface area contributed by atoms with Crippen molar-refractivity contribution in [1.82, 2.24) is 15.5 Å². The second-order valence-electron chi connectivity index (χ2n) is 5.55. The summed E-state index contributed by atoms with van der Waals surface area (Å²) in [5, 5.41) is 21.3. The minimum atomic E-state index is -0.379. The molecule has 0 atom stereocenters. The lowest BCUT2D eigenvalue weighted by atomic mass is 10.0. The predicted octanol–water partition coefficient (Wildman–Crippen LogP) is 3.04. The van der Waals surface area contributed by atoms with Gasteiger partial charge < -0.3 is 5.32 Å². The molecule has 0 fully saturated rings. The zero-order valence-electron chi connectivity index (χ0n) is 12.5. The van der Waals surface area contributed by atoms with E-state index in [2.05, 4.69) is 29.4 Å². The van der Waals surface area contributed by atoms with Crippen LogP contribution < -0.4 is 5.32 Å². The highest BCUT2D eigenvalue weighted by atomic mass is 16.6. The molecule has 0 aliphatic heterocycles. The lowest BCUT2D eigenvalue weighted by Gasteiger charge is -2.09. The fraction of sp³-hybridized carbons (Fsp3) is 0.400. The van der Waals surface area contributed by atoms with Crippen molar-refractivity contribution < 1.29 is 4.92 Å². The average molecular weight is 288 g/mol. The highest BCUT2D eigenvalue weighted by Gasteiger charge is 2.14. The molecule has 0 radical (unpaired) electrons. The summed E-state index contributed by atoms with van der Waals surface area (Å²) in [7, 11) is 0. The van der Waals surface area contributed by atoms with Crippen molar-refractivity contribution in [2.75, 3.05) is 6.54 Å². The van der Waals surface area contributed by atoms with E-state index in [9.17, 15) is 10.1 Å². The molecule has 0 spiro atoms. The van der Waals surface area contributed by atoms with Gasteiger partial charge in [0.25, 0.3) is 5.69 Å². The first kappa shape index (κ1) is 15.2. The van der Waals surface area contributed by atoms with E-state index in [1.807, 2.05) is 6.92 Å². The van der Waals surface area contributed by atoms with E-state index in [1.165, 1.54) is 6.07 Å². The number of nitrogens with zero attached hydrogens (tertiary/aromatic N) is 2. The number of aryl methyl sites for hydroxylation is 1. The van der Waals surface area contributed by atoms with Crippen molar-refractivity contribution in [1.29, 1.82) is 0 Å². The number of hydrogen-bond acceptors (Lipinski definition) is 4. The zero-order valence-corrected chi connectivity index (χ0v) is 12.5. The lowest BCUT2D eigenvalue weighted by molar-refractivity contribution is -0.384. The number of nitrogens with one attached hydrogen (secondary N) is 2. The smallest absolute Gasteiger partial charge is 0.270 e. The highest BCUT2D eigenvalue weighted by Crippen LogP contribution is 2.28. The molecule has 0 unspecified atom stereocenters. The van der Waals surface area contributed by atoms with Gasteiger partial charge in [-0.1, -0.05) is 19.9 Å². The van der Waals surface area contributed by atoms with E-state index in [0.29, 0.717) is 12.5 Å². The molecule has 0 saturated carbocycles. The van der Waals surface area contributed by atoms with Crippen LogP contribution in [0.1, 0.15) is 25.0 Å². The maximum Gasteiger partial charge on any atom is 0.270 e. The van der Waals surface area contributed by atoms with Crippen LogP contribution in [-0.4, -0.2) is 21.7 Å². The van der Waals surface area contributed by atoms with Crippen LogP contribution in [-0.2, 0) is 6.54 Å². The fourth-order valence-corrected chi connectivity index (χ4v) is 2.17. The van der Waals surface area contributed by atoms with Crippen LogP contribution in [0.3, 0.4) is 0 Å². The quantitative estimate of drug-likeness (QED) is 0.632. The van der Waals surface area contributed by atoms with Crippen LogP contribution in [0.5, 0.6) is 0 Å². The first-order chi connectivity index (χ1) is 9.99. The molecule has 112 valence electrons. The summed E-state index contributed by atoms with van der Waals surface area (Å²) in [4.78, 5) is 10.6. The molecule has 0 aliphatic rings. The molecule has 0 saturated heterocycles. The summed E-state index contributed by atoms with van der Waals surface area (Å²) >= 11 is 0. The molecule has 1 aromatic heterocycles. The summed E-state index contributed by atoms with van der Waals surface area (Å²) in [5.41, 5.74) is 3.75. The number of aromatic amines is 1. The number of nitro benzene ring substituents is 1. The molecule has 1 aromatic carbocycles. The molecule has 2 aromatic rings. The number of rotatable bonds is 6. The minimum Gasteiger partial charge on any atom is -0.312 e. The lowest BCUT2D eigenvalue weighted by Crippen LogP contribution is -2.19. The SMILES string of the molecule is Cc1ccc([N+](=O)[O-])cc1-c1[nH]ncc1CNCC(C)C. The Hall–Kier alpha value is -2.21. The Balaban J connectivity index is 2.28. The summed E-state index contributed by atoms with van der Waals surface area (Å²) in [6, 6.07) is 4.88. The second kappa shape index (κ2) is 6.49. The average Bonchev–Trinajstić information content (AvgIpc) is 2.87. The fourth-order valence-electron chi connectivity index (χ4n) is 2.17. The first-order valence-electron chi connectivity index (χ1n) is 6.97. The standard InChI is InChI=1S/C15H20N4O2/c1-10(2)7-16-8-12-9-17-18-15(12)14-6-13(19(20)21)5-4-11(14)3/h4-6,9-10,16H,7-8H2,1-3H3,(H,17,18). The Bertz CT molecular complexity index is 634. The minimum absolute atomic E-state index is 0.0892. The Morgan fingerprint density at radius 1 is 1.43 bits per heavy atom. The first-order valence-corrected chi connectivity index (χ1v) is 6.97. The number of nitro groups is 1. The molecule has 6 heteroatoms. The van der Waals surface area contributed by atoms with E-state index in [1.54, 1.807) is 18.3 Å². The molecule has 2 N–H and O–H groups in total. The molecule has 21 heavy (non-hydrogen) atoms. The maximum atomic E-state index is 10.9.